The zero-order valence-electron chi connectivity index (χ0n) is 14.9. The van der Waals surface area contributed by atoms with Crippen molar-refractivity contribution in [2.75, 3.05) is 5.32 Å². The van der Waals surface area contributed by atoms with Crippen molar-refractivity contribution >= 4 is 23.1 Å². The molecule has 0 atom stereocenters. The molecule has 0 aliphatic carbocycles. The molecule has 1 heterocycles. The Balaban J connectivity index is 2.01. The predicted molar refractivity (Wildman–Crippen MR) is 101 cm³/mol. The van der Waals surface area contributed by atoms with E-state index in [0.29, 0.717) is 5.82 Å². The van der Waals surface area contributed by atoms with Gasteiger partial charge in [0.2, 0.25) is 0 Å². The molecule has 0 amide bonds. The number of halogens is 4. The van der Waals surface area contributed by atoms with Crippen molar-refractivity contribution in [1.29, 1.82) is 0 Å². The van der Waals surface area contributed by atoms with Gasteiger partial charge in [-0.3, -0.25) is 0 Å². The number of nitrogens with one attached hydrogen (secondary N) is 1. The van der Waals surface area contributed by atoms with Crippen LogP contribution in [0.1, 0.15) is 22.3 Å². The van der Waals surface area contributed by atoms with Crippen molar-refractivity contribution in [3.05, 3.63) is 69.9 Å². The van der Waals surface area contributed by atoms with E-state index in [-0.39, 0.29) is 16.5 Å². The Bertz CT molecular complexity index is 977. The zero-order valence-corrected chi connectivity index (χ0v) is 15.7. The smallest absolute Gasteiger partial charge is 0.340 e. The van der Waals surface area contributed by atoms with Gasteiger partial charge in [-0.2, -0.15) is 13.2 Å². The lowest BCUT2D eigenvalue weighted by atomic mass is 10.1. The minimum Gasteiger partial charge on any atom is -0.340 e. The van der Waals surface area contributed by atoms with Gasteiger partial charge >= 0.3 is 6.18 Å². The molecule has 0 unspecified atom stereocenters. The van der Waals surface area contributed by atoms with Crippen LogP contribution in [0.15, 0.2) is 42.5 Å². The summed E-state index contributed by atoms with van der Waals surface area (Å²) in [6.07, 6.45) is -4.44. The third-order valence-electron chi connectivity index (χ3n) is 4.07. The minimum atomic E-state index is -4.44. The number of anilines is 2. The molecule has 7 heteroatoms. The van der Waals surface area contributed by atoms with E-state index in [2.05, 4.69) is 15.3 Å². The van der Waals surface area contributed by atoms with Gasteiger partial charge in [0.25, 0.3) is 0 Å². The van der Waals surface area contributed by atoms with Crippen LogP contribution in [0, 0.1) is 20.8 Å². The largest absolute Gasteiger partial charge is 0.416 e. The topological polar surface area (TPSA) is 37.8 Å². The Labute approximate surface area is 160 Å². The lowest BCUT2D eigenvalue weighted by Crippen LogP contribution is -2.05. The fourth-order valence-corrected chi connectivity index (χ4v) is 3.13. The monoisotopic (exact) mass is 391 g/mol. The number of aromatic nitrogens is 2. The van der Waals surface area contributed by atoms with Crippen molar-refractivity contribution in [3.63, 3.8) is 0 Å². The van der Waals surface area contributed by atoms with Gasteiger partial charge in [-0.25, -0.2) is 9.97 Å². The van der Waals surface area contributed by atoms with Gasteiger partial charge in [-0.1, -0.05) is 41.4 Å². The molecule has 0 saturated heterocycles. The molecule has 0 fully saturated rings. The van der Waals surface area contributed by atoms with Gasteiger partial charge in [0.05, 0.1) is 5.56 Å². The van der Waals surface area contributed by atoms with Crippen LogP contribution in [0.3, 0.4) is 0 Å². The summed E-state index contributed by atoms with van der Waals surface area (Å²) in [5.41, 5.74) is 3.56. The second-order valence-electron chi connectivity index (χ2n) is 6.38. The molecule has 3 aromatic rings. The molecule has 0 aliphatic rings. The summed E-state index contributed by atoms with van der Waals surface area (Å²) in [6.45, 7) is 5.95. The molecule has 1 aromatic heterocycles. The Kier molecular flexibility index (Phi) is 5.11. The number of alkyl halides is 3. The van der Waals surface area contributed by atoms with Crippen LogP contribution >= 0.6 is 11.6 Å². The number of nitrogens with zero attached hydrogens (tertiary/aromatic N) is 2. The Morgan fingerprint density at radius 2 is 1.59 bits per heavy atom. The van der Waals surface area contributed by atoms with Crippen LogP contribution in [-0.2, 0) is 6.18 Å². The van der Waals surface area contributed by atoms with E-state index in [1.165, 1.54) is 18.2 Å². The molecular formula is C20H17ClF3N3. The highest BCUT2D eigenvalue weighted by Crippen LogP contribution is 2.32. The minimum absolute atomic E-state index is 0.124. The second-order valence-corrected chi connectivity index (χ2v) is 6.76. The van der Waals surface area contributed by atoms with E-state index in [9.17, 15) is 13.2 Å². The molecule has 140 valence electrons. The van der Waals surface area contributed by atoms with Crippen LogP contribution in [0.2, 0.25) is 5.15 Å². The highest BCUT2D eigenvalue weighted by Gasteiger charge is 2.30. The molecule has 3 nitrogen and oxygen atoms in total. The van der Waals surface area contributed by atoms with Crippen molar-refractivity contribution in [2.24, 2.45) is 0 Å². The first-order chi connectivity index (χ1) is 12.6. The second kappa shape index (κ2) is 7.19. The zero-order chi connectivity index (χ0) is 19.8. The van der Waals surface area contributed by atoms with Crippen LogP contribution in [0.5, 0.6) is 0 Å². The van der Waals surface area contributed by atoms with Gasteiger partial charge in [-0.05, 0) is 44.0 Å². The summed E-state index contributed by atoms with van der Waals surface area (Å²) in [5, 5.41) is 3.35. The molecule has 0 saturated carbocycles. The van der Waals surface area contributed by atoms with Gasteiger partial charge in [-0.15, -0.1) is 0 Å². The summed E-state index contributed by atoms with van der Waals surface area (Å²) < 4.78 is 38.9. The third kappa shape index (κ3) is 4.39. The van der Waals surface area contributed by atoms with Crippen molar-refractivity contribution in [1.82, 2.24) is 9.97 Å². The Morgan fingerprint density at radius 1 is 0.926 bits per heavy atom. The van der Waals surface area contributed by atoms with E-state index in [4.69, 9.17) is 11.6 Å². The van der Waals surface area contributed by atoms with E-state index >= 15 is 0 Å². The normalized spacial score (nSPS) is 11.5. The number of rotatable bonds is 3. The van der Waals surface area contributed by atoms with Crippen molar-refractivity contribution in [3.8, 4) is 11.4 Å². The average molecular weight is 392 g/mol. The third-order valence-corrected chi connectivity index (χ3v) is 4.27. The standard InChI is InChI=1S/C20H17ClF3N3/c1-11-7-12(2)18(13(3)8-11)26-17-10-16(21)25-19(27-17)14-5-4-6-15(9-14)20(22,23)24/h4-10H,1-3H3,(H,25,26,27). The van der Waals surface area contributed by atoms with Gasteiger partial charge in [0.15, 0.2) is 5.82 Å². The highest BCUT2D eigenvalue weighted by molar-refractivity contribution is 6.29. The van der Waals surface area contributed by atoms with Crippen molar-refractivity contribution < 1.29 is 13.2 Å². The molecular weight excluding hydrogens is 375 g/mol. The van der Waals surface area contributed by atoms with E-state index in [1.54, 1.807) is 0 Å². The summed E-state index contributed by atoms with van der Waals surface area (Å²) in [7, 11) is 0. The molecule has 27 heavy (non-hydrogen) atoms. The van der Waals surface area contributed by atoms with Gasteiger partial charge < -0.3 is 5.32 Å². The van der Waals surface area contributed by atoms with Crippen molar-refractivity contribution in [2.45, 2.75) is 26.9 Å². The van der Waals surface area contributed by atoms with Gasteiger partial charge in [0, 0.05) is 17.3 Å². The average Bonchev–Trinajstić information content (AvgIpc) is 2.57. The first-order valence-electron chi connectivity index (χ1n) is 8.20. The highest BCUT2D eigenvalue weighted by atomic mass is 35.5. The van der Waals surface area contributed by atoms with Crippen LogP contribution in [0.25, 0.3) is 11.4 Å². The molecule has 0 radical (unpaired) electrons. The quantitative estimate of drug-likeness (QED) is 0.519. The molecule has 1 N–H and O–H groups in total. The summed E-state index contributed by atoms with van der Waals surface area (Å²) in [6, 6.07) is 10.5. The fraction of sp³-hybridized carbons (Fsp3) is 0.200. The number of aryl methyl sites for hydroxylation is 3. The maximum atomic E-state index is 13.0. The maximum Gasteiger partial charge on any atom is 0.416 e. The first kappa shape index (κ1) is 19.2. The summed E-state index contributed by atoms with van der Waals surface area (Å²) in [5.74, 6) is 0.538. The summed E-state index contributed by atoms with van der Waals surface area (Å²) >= 11 is 6.09. The lowest BCUT2D eigenvalue weighted by Gasteiger charge is -2.14. The van der Waals surface area contributed by atoms with E-state index in [1.807, 2.05) is 32.9 Å². The van der Waals surface area contributed by atoms with Crippen LogP contribution < -0.4 is 5.32 Å². The predicted octanol–water partition coefficient (Wildman–Crippen LogP) is 6.48. The molecule has 0 spiro atoms. The van der Waals surface area contributed by atoms with Crippen LogP contribution in [0.4, 0.5) is 24.7 Å². The maximum absolute atomic E-state index is 13.0. The SMILES string of the molecule is Cc1cc(C)c(Nc2cc(Cl)nc(-c3cccc(C(F)(F)F)c3)n2)c(C)c1. The number of benzene rings is 2. The fourth-order valence-electron chi connectivity index (χ4n) is 2.95. The Hall–Kier alpha value is -2.60. The summed E-state index contributed by atoms with van der Waals surface area (Å²) in [4.78, 5) is 8.43. The molecule has 0 aliphatic heterocycles. The Morgan fingerprint density at radius 3 is 2.22 bits per heavy atom. The molecule has 0 bridgehead atoms. The first-order valence-corrected chi connectivity index (χ1v) is 8.58. The van der Waals surface area contributed by atoms with Crippen LogP contribution in [-0.4, -0.2) is 9.97 Å². The lowest BCUT2D eigenvalue weighted by molar-refractivity contribution is -0.137. The molecule has 3 rings (SSSR count). The van der Waals surface area contributed by atoms with E-state index < -0.39 is 11.7 Å². The molecule has 2 aromatic carbocycles. The number of hydrogen-bond acceptors (Lipinski definition) is 3. The van der Waals surface area contributed by atoms with E-state index in [0.717, 1.165) is 34.5 Å². The van der Waals surface area contributed by atoms with Gasteiger partial charge in [0.1, 0.15) is 11.0 Å². The number of hydrogen-bond donors (Lipinski definition) is 1.